The molecule has 2 N–H and O–H groups in total. The zero-order chi connectivity index (χ0) is 27.9. The zero-order valence-electron chi connectivity index (χ0n) is 23.6. The lowest BCUT2D eigenvalue weighted by Crippen LogP contribution is -2.57. The van der Waals surface area contributed by atoms with E-state index in [0.717, 1.165) is 44.9 Å². The Morgan fingerprint density at radius 1 is 1.15 bits per heavy atom. The molecule has 1 aromatic rings. The monoisotopic (exact) mass is 547 g/mol. The largest absolute Gasteiger partial charge is 0.497 e. The third-order valence-electron chi connectivity index (χ3n) is 9.76. The number of hydrogen-bond acceptors (Lipinski definition) is 5. The van der Waals surface area contributed by atoms with Crippen LogP contribution in [0.5, 0.6) is 5.75 Å². The molecule has 0 aromatic heterocycles. The van der Waals surface area contributed by atoms with Crippen molar-refractivity contribution in [2.45, 2.75) is 88.5 Å². The number of fused-ring (bicyclic) bond motifs is 1. The van der Waals surface area contributed by atoms with Crippen molar-refractivity contribution >= 4 is 23.4 Å². The molecule has 3 amide bonds. The van der Waals surface area contributed by atoms with Crippen molar-refractivity contribution in [2.24, 2.45) is 17.8 Å². The van der Waals surface area contributed by atoms with Gasteiger partial charge < -0.3 is 25.0 Å². The minimum absolute atomic E-state index is 0.0874. The molecule has 1 aromatic carbocycles. The Morgan fingerprint density at radius 3 is 2.77 bits per heavy atom. The second-order valence-electron chi connectivity index (χ2n) is 12.2. The fourth-order valence-corrected chi connectivity index (χ4v) is 7.62. The van der Waals surface area contributed by atoms with Crippen LogP contribution in [0, 0.1) is 17.8 Å². The molecule has 5 aliphatic rings. The Kier molecular flexibility index (Phi) is 7.46. The van der Waals surface area contributed by atoms with Gasteiger partial charge in [-0.2, -0.15) is 0 Å². The molecule has 2 saturated heterocycles. The fraction of sp³-hybridized carbons (Fsp3) is 0.594. The average molecular weight is 548 g/mol. The summed E-state index contributed by atoms with van der Waals surface area (Å²) in [5.74, 6) is -1.04. The second-order valence-corrected chi connectivity index (χ2v) is 12.2. The molecule has 3 aliphatic heterocycles. The van der Waals surface area contributed by atoms with Crippen LogP contribution >= 0.6 is 0 Å². The molecule has 3 fully saturated rings. The van der Waals surface area contributed by atoms with Crippen LogP contribution in [-0.2, 0) is 19.1 Å². The predicted octanol–water partition coefficient (Wildman–Crippen LogP) is 4.37. The van der Waals surface area contributed by atoms with Gasteiger partial charge in [-0.05, 0) is 63.0 Å². The van der Waals surface area contributed by atoms with Gasteiger partial charge in [-0.25, -0.2) is 0 Å². The van der Waals surface area contributed by atoms with Crippen LogP contribution in [0.1, 0.15) is 64.7 Å². The van der Waals surface area contributed by atoms with Gasteiger partial charge in [0, 0.05) is 24.3 Å². The quantitative estimate of drug-likeness (QED) is 0.471. The summed E-state index contributed by atoms with van der Waals surface area (Å²) < 4.78 is 11.8. The van der Waals surface area contributed by atoms with E-state index in [-0.39, 0.29) is 23.8 Å². The molecule has 2 aliphatic carbocycles. The number of likely N-dealkylation sites (tertiary alicyclic amines) is 1. The molecular formula is C32H41N3O5. The second kappa shape index (κ2) is 11.0. The minimum Gasteiger partial charge on any atom is -0.497 e. The van der Waals surface area contributed by atoms with Crippen molar-refractivity contribution in [3.8, 4) is 5.75 Å². The number of ether oxygens (including phenoxy) is 2. The third-order valence-corrected chi connectivity index (χ3v) is 9.76. The number of benzene rings is 1. The van der Waals surface area contributed by atoms with Crippen molar-refractivity contribution in [2.75, 3.05) is 19.0 Å². The Labute approximate surface area is 236 Å². The van der Waals surface area contributed by atoms with E-state index in [1.54, 1.807) is 24.1 Å². The van der Waals surface area contributed by atoms with Crippen LogP contribution in [0.25, 0.3) is 0 Å². The van der Waals surface area contributed by atoms with Gasteiger partial charge in [-0.3, -0.25) is 14.4 Å². The molecule has 1 saturated carbocycles. The number of methoxy groups -OCH3 is 1. The first-order valence-corrected chi connectivity index (χ1v) is 15.0. The highest BCUT2D eigenvalue weighted by Gasteiger charge is 2.72. The standard InChI is InChI=1S/C32H41N3O5/c1-20-9-6-7-14-24(20)34-30(37)28-32-17-15-25(40-32)26(29(36)33-22-12-8-13-23(19-22)39-2)27(32)31(38)35(28)18-16-21-10-4-3-5-11-21/h8,10,12-13,15,17,19-20,24-28H,3-7,9,11,14,16,18H2,1-2H3,(H,33,36)(H,34,37)/t20-,24-,25+,26-,27+,28+,32+/m0/s1. The first-order valence-electron chi connectivity index (χ1n) is 15.0. The number of carbonyl (C=O) groups is 3. The van der Waals surface area contributed by atoms with E-state index >= 15 is 0 Å². The average Bonchev–Trinajstić information content (AvgIpc) is 3.61. The van der Waals surface area contributed by atoms with Crippen molar-refractivity contribution in [1.29, 1.82) is 0 Å². The van der Waals surface area contributed by atoms with Gasteiger partial charge in [0.2, 0.25) is 17.7 Å². The van der Waals surface area contributed by atoms with Gasteiger partial charge in [0.15, 0.2) is 0 Å². The lowest BCUT2D eigenvalue weighted by molar-refractivity contribution is -0.141. The first kappa shape index (κ1) is 27.1. The summed E-state index contributed by atoms with van der Waals surface area (Å²) in [4.78, 5) is 43.7. The maximum Gasteiger partial charge on any atom is 0.246 e. The van der Waals surface area contributed by atoms with E-state index in [2.05, 4.69) is 23.6 Å². The van der Waals surface area contributed by atoms with E-state index in [1.165, 1.54) is 18.4 Å². The van der Waals surface area contributed by atoms with Crippen molar-refractivity contribution in [3.63, 3.8) is 0 Å². The fourth-order valence-electron chi connectivity index (χ4n) is 7.62. The molecule has 0 unspecified atom stereocenters. The van der Waals surface area contributed by atoms with Crippen LogP contribution in [0.15, 0.2) is 48.1 Å². The summed E-state index contributed by atoms with van der Waals surface area (Å²) in [5, 5.41) is 6.28. The summed E-state index contributed by atoms with van der Waals surface area (Å²) in [6.45, 7) is 2.64. The number of nitrogens with one attached hydrogen (secondary N) is 2. The van der Waals surface area contributed by atoms with Crippen LogP contribution in [0.2, 0.25) is 0 Å². The summed E-state index contributed by atoms with van der Waals surface area (Å²) in [5.41, 5.74) is 0.806. The van der Waals surface area contributed by atoms with Crippen molar-refractivity contribution in [3.05, 3.63) is 48.1 Å². The van der Waals surface area contributed by atoms with E-state index in [0.29, 0.717) is 23.9 Å². The van der Waals surface area contributed by atoms with E-state index in [4.69, 9.17) is 9.47 Å². The summed E-state index contributed by atoms with van der Waals surface area (Å²) in [6, 6.07) is 6.46. The molecule has 8 heteroatoms. The van der Waals surface area contributed by atoms with Gasteiger partial charge in [0.05, 0.1) is 25.0 Å². The van der Waals surface area contributed by atoms with Gasteiger partial charge >= 0.3 is 0 Å². The third kappa shape index (κ3) is 4.74. The molecule has 40 heavy (non-hydrogen) atoms. The number of anilines is 1. The van der Waals surface area contributed by atoms with Crippen molar-refractivity contribution < 1.29 is 23.9 Å². The van der Waals surface area contributed by atoms with Gasteiger partial charge in [0.1, 0.15) is 17.4 Å². The molecule has 2 bridgehead atoms. The number of allylic oxidation sites excluding steroid dienone is 1. The van der Waals surface area contributed by atoms with Crippen LogP contribution in [0.4, 0.5) is 5.69 Å². The van der Waals surface area contributed by atoms with Crippen molar-refractivity contribution in [1.82, 2.24) is 10.2 Å². The normalized spacial score (nSPS) is 34.4. The van der Waals surface area contributed by atoms with Crippen LogP contribution in [0.3, 0.4) is 0 Å². The first-order chi connectivity index (χ1) is 19.4. The van der Waals surface area contributed by atoms with Gasteiger partial charge in [-0.1, -0.05) is 49.6 Å². The van der Waals surface area contributed by atoms with Crippen LogP contribution in [-0.4, -0.2) is 60.1 Å². The Hall–Kier alpha value is -3.13. The lowest BCUT2D eigenvalue weighted by Gasteiger charge is -2.36. The number of hydrogen-bond donors (Lipinski definition) is 2. The zero-order valence-corrected chi connectivity index (χ0v) is 23.6. The summed E-state index contributed by atoms with van der Waals surface area (Å²) in [6.07, 6.45) is 15.0. The molecular weight excluding hydrogens is 506 g/mol. The molecule has 0 radical (unpaired) electrons. The minimum atomic E-state index is -1.14. The van der Waals surface area contributed by atoms with Gasteiger partial charge in [-0.15, -0.1) is 0 Å². The van der Waals surface area contributed by atoms with Crippen LogP contribution < -0.4 is 15.4 Å². The number of nitrogens with zero attached hydrogens (tertiary/aromatic N) is 1. The Balaban J connectivity index is 1.28. The number of amides is 3. The Morgan fingerprint density at radius 2 is 2.00 bits per heavy atom. The number of rotatable bonds is 8. The number of carbonyl (C=O) groups excluding carboxylic acids is 3. The molecule has 214 valence electrons. The smallest absolute Gasteiger partial charge is 0.246 e. The van der Waals surface area contributed by atoms with E-state index < -0.39 is 29.6 Å². The maximum atomic E-state index is 14.2. The SMILES string of the molecule is COc1cccc(NC(=O)[C@H]2[C@H]3C=C[C@@]4(O3)[C@H]2C(=O)N(CCC2=CCCCC2)[C@@H]4C(=O)N[C@H]2CCCC[C@@H]2C)c1. The Bertz CT molecular complexity index is 1230. The molecule has 8 nitrogen and oxygen atoms in total. The van der Waals surface area contributed by atoms with E-state index in [1.807, 2.05) is 24.3 Å². The summed E-state index contributed by atoms with van der Waals surface area (Å²) >= 11 is 0. The lowest BCUT2D eigenvalue weighted by atomic mass is 9.74. The maximum absolute atomic E-state index is 14.2. The topological polar surface area (TPSA) is 97.0 Å². The predicted molar refractivity (Wildman–Crippen MR) is 152 cm³/mol. The molecule has 1 spiro atoms. The van der Waals surface area contributed by atoms with Gasteiger partial charge in [0.25, 0.3) is 0 Å². The highest BCUT2D eigenvalue weighted by Crippen LogP contribution is 2.55. The van der Waals surface area contributed by atoms with E-state index in [9.17, 15) is 14.4 Å². The molecule has 6 rings (SSSR count). The highest BCUT2D eigenvalue weighted by atomic mass is 16.5. The molecule has 7 atom stereocenters. The summed E-state index contributed by atoms with van der Waals surface area (Å²) in [7, 11) is 1.58. The highest BCUT2D eigenvalue weighted by molar-refractivity contribution is 6.02. The molecule has 3 heterocycles.